The molecule has 2 N–H and O–H groups in total. The second-order valence-electron chi connectivity index (χ2n) is 12.7. The number of hydrogen-bond acceptors (Lipinski definition) is 8. The highest BCUT2D eigenvalue weighted by Crippen LogP contribution is 2.45. The van der Waals surface area contributed by atoms with Crippen LogP contribution in [-0.4, -0.2) is 50.0 Å². The van der Waals surface area contributed by atoms with Gasteiger partial charge in [-0.1, -0.05) is 20.8 Å². The summed E-state index contributed by atoms with van der Waals surface area (Å²) < 4.78 is 18.7. The first kappa shape index (κ1) is 27.5. The molecule has 0 bridgehead atoms. The summed E-state index contributed by atoms with van der Waals surface area (Å²) in [5.41, 5.74) is 5.60. The molecule has 9 nitrogen and oxygen atoms in total. The first-order valence-electron chi connectivity index (χ1n) is 14.4. The van der Waals surface area contributed by atoms with E-state index in [1.165, 1.54) is 0 Å². The molecular weight excluding hydrogens is 534 g/mol. The minimum atomic E-state index is -1.85. The minimum Gasteiger partial charge on any atom is -0.485 e. The van der Waals surface area contributed by atoms with E-state index in [1.807, 2.05) is 48.4 Å². The lowest BCUT2D eigenvalue weighted by Gasteiger charge is -2.38. The van der Waals surface area contributed by atoms with E-state index in [9.17, 15) is 4.79 Å². The second-order valence-corrected chi connectivity index (χ2v) is 17.5. The highest BCUT2D eigenvalue weighted by atomic mass is 28.4. The molecule has 5 heterocycles. The molecule has 10 heteroatoms. The molecule has 2 aromatic heterocycles. The van der Waals surface area contributed by atoms with Crippen molar-refractivity contribution < 1.29 is 18.7 Å². The van der Waals surface area contributed by atoms with E-state index in [0.717, 1.165) is 52.5 Å². The van der Waals surface area contributed by atoms with E-state index in [2.05, 4.69) is 49.5 Å². The maximum Gasteiger partial charge on any atom is 0.237 e. The number of rotatable bonds is 6. The Bertz CT molecular complexity index is 1490. The molecule has 0 radical (unpaired) electrons. The third-order valence-corrected chi connectivity index (χ3v) is 13.2. The maximum absolute atomic E-state index is 12.2. The molecule has 1 fully saturated rings. The predicted molar refractivity (Wildman–Crippen MR) is 164 cm³/mol. The van der Waals surface area contributed by atoms with Crippen LogP contribution in [0.1, 0.15) is 52.2 Å². The van der Waals surface area contributed by atoms with Gasteiger partial charge in [-0.15, -0.1) is 0 Å². The first-order chi connectivity index (χ1) is 19.5. The molecule has 1 saturated heterocycles. The van der Waals surface area contributed by atoms with Gasteiger partial charge in [-0.2, -0.15) is 0 Å². The summed E-state index contributed by atoms with van der Waals surface area (Å²) in [4.78, 5) is 23.3. The molecular formula is C31H39N5O4Si. The van der Waals surface area contributed by atoms with Gasteiger partial charge in [-0.25, -0.2) is 9.97 Å². The lowest BCUT2D eigenvalue weighted by molar-refractivity contribution is -0.117. The number of carbonyl (C=O) groups is 1. The molecule has 216 valence electrons. The standard InChI is InChI=1S/C31H39N5O4Si/c1-19-24-14-28(32-16-25(24)23-10-9-22(13-27(23)40-19)36-11-7-8-29(36)37)35-20-12-26-30(33-15-20)38-17-21(34-26)18-39-41(5,6)31(2,3)4/h9-10,12-16,19,21,34H,7-8,11,17-18H2,1-6H3,(H,32,35)/t19?,21-/m1/s1. The molecule has 0 saturated carbocycles. The Morgan fingerprint density at radius 1 is 1.15 bits per heavy atom. The van der Waals surface area contributed by atoms with Crippen LogP contribution >= 0.6 is 0 Å². The van der Waals surface area contributed by atoms with Gasteiger partial charge in [0.05, 0.1) is 30.2 Å². The van der Waals surface area contributed by atoms with E-state index < -0.39 is 8.32 Å². The number of nitrogens with zero attached hydrogens (tertiary/aromatic N) is 3. The largest absolute Gasteiger partial charge is 0.485 e. The van der Waals surface area contributed by atoms with Gasteiger partial charge in [0, 0.05) is 47.6 Å². The van der Waals surface area contributed by atoms with Gasteiger partial charge in [-0.05, 0) is 55.7 Å². The van der Waals surface area contributed by atoms with Crippen molar-refractivity contribution in [3.05, 3.63) is 48.3 Å². The SMILES string of the molecule is CC1Oc2cc(N3CCCC3=O)ccc2-c2cnc(Nc3cnc4c(c3)N[C@@H](CO[Si](C)(C)C(C)(C)C)CO4)cc21. The normalized spacial score (nSPS) is 19.9. The van der Waals surface area contributed by atoms with E-state index in [-0.39, 0.29) is 23.1 Å². The van der Waals surface area contributed by atoms with Gasteiger partial charge in [0.25, 0.3) is 0 Å². The maximum atomic E-state index is 12.2. The number of hydrogen-bond donors (Lipinski definition) is 2. The van der Waals surface area contributed by atoms with Gasteiger partial charge >= 0.3 is 0 Å². The lowest BCUT2D eigenvalue weighted by atomic mass is 9.94. The third kappa shape index (κ3) is 5.38. The molecule has 1 aromatic carbocycles. The van der Waals surface area contributed by atoms with Gasteiger partial charge in [-0.3, -0.25) is 4.79 Å². The summed E-state index contributed by atoms with van der Waals surface area (Å²) in [7, 11) is -1.85. The van der Waals surface area contributed by atoms with Crippen LogP contribution in [0.2, 0.25) is 18.1 Å². The minimum absolute atomic E-state index is 0.0534. The molecule has 0 aliphatic carbocycles. The highest BCUT2D eigenvalue weighted by molar-refractivity contribution is 6.74. The predicted octanol–water partition coefficient (Wildman–Crippen LogP) is 6.66. The Morgan fingerprint density at radius 3 is 2.73 bits per heavy atom. The molecule has 1 amide bonds. The van der Waals surface area contributed by atoms with Crippen molar-refractivity contribution in [2.75, 3.05) is 35.3 Å². The molecule has 3 aliphatic rings. The van der Waals surface area contributed by atoms with Crippen LogP contribution in [0.25, 0.3) is 11.1 Å². The van der Waals surface area contributed by atoms with Crippen molar-refractivity contribution >= 4 is 37.1 Å². The van der Waals surface area contributed by atoms with E-state index in [0.29, 0.717) is 31.3 Å². The Morgan fingerprint density at radius 2 is 1.98 bits per heavy atom. The van der Waals surface area contributed by atoms with Crippen molar-refractivity contribution in [2.24, 2.45) is 0 Å². The highest BCUT2D eigenvalue weighted by Gasteiger charge is 2.38. The Hall–Kier alpha value is -3.63. The number of ether oxygens (including phenoxy) is 2. The van der Waals surface area contributed by atoms with Gasteiger partial charge in [0.1, 0.15) is 24.3 Å². The van der Waals surface area contributed by atoms with Crippen molar-refractivity contribution in [3.8, 4) is 22.8 Å². The fourth-order valence-electron chi connectivity index (χ4n) is 5.22. The second kappa shape index (κ2) is 10.3. The summed E-state index contributed by atoms with van der Waals surface area (Å²) in [6, 6.07) is 10.1. The van der Waals surface area contributed by atoms with Crippen molar-refractivity contribution in [1.82, 2.24) is 9.97 Å². The zero-order chi connectivity index (χ0) is 28.9. The summed E-state index contributed by atoms with van der Waals surface area (Å²) in [6.07, 6.45) is 4.97. The number of carbonyl (C=O) groups excluding carboxylic acids is 1. The number of amides is 1. The topological polar surface area (TPSA) is 97.8 Å². The van der Waals surface area contributed by atoms with E-state index in [4.69, 9.17) is 18.9 Å². The zero-order valence-corrected chi connectivity index (χ0v) is 25.7. The quantitative estimate of drug-likeness (QED) is 0.316. The van der Waals surface area contributed by atoms with Crippen molar-refractivity contribution in [2.45, 2.75) is 70.8 Å². The molecule has 0 spiro atoms. The molecule has 3 aliphatic heterocycles. The number of pyridine rings is 2. The van der Waals surface area contributed by atoms with Crippen LogP contribution in [0.3, 0.4) is 0 Å². The van der Waals surface area contributed by atoms with E-state index in [1.54, 1.807) is 6.20 Å². The van der Waals surface area contributed by atoms with Gasteiger partial charge in [0.2, 0.25) is 11.8 Å². The molecule has 1 unspecified atom stereocenters. The fourth-order valence-corrected chi connectivity index (χ4v) is 6.27. The fraction of sp³-hybridized carbons (Fsp3) is 0.452. The van der Waals surface area contributed by atoms with Crippen LogP contribution < -0.4 is 25.0 Å². The summed E-state index contributed by atoms with van der Waals surface area (Å²) in [6.45, 7) is 15.2. The summed E-state index contributed by atoms with van der Waals surface area (Å²) in [5, 5.41) is 7.10. The van der Waals surface area contributed by atoms with Crippen LogP contribution in [0.4, 0.5) is 22.9 Å². The van der Waals surface area contributed by atoms with Gasteiger partial charge in [0.15, 0.2) is 8.32 Å². The molecule has 41 heavy (non-hydrogen) atoms. The van der Waals surface area contributed by atoms with Crippen LogP contribution in [-0.2, 0) is 9.22 Å². The Labute approximate surface area is 242 Å². The number of fused-ring (bicyclic) bond motifs is 4. The Balaban J connectivity index is 1.17. The number of anilines is 4. The number of benzene rings is 1. The molecule has 2 atom stereocenters. The average Bonchev–Trinajstić information content (AvgIpc) is 3.36. The summed E-state index contributed by atoms with van der Waals surface area (Å²) in [5.74, 6) is 2.24. The van der Waals surface area contributed by atoms with Crippen molar-refractivity contribution in [3.63, 3.8) is 0 Å². The molecule has 6 rings (SSSR count). The van der Waals surface area contributed by atoms with E-state index >= 15 is 0 Å². The van der Waals surface area contributed by atoms with Crippen LogP contribution in [0, 0.1) is 0 Å². The number of aromatic nitrogens is 2. The smallest absolute Gasteiger partial charge is 0.237 e. The van der Waals surface area contributed by atoms with Gasteiger partial charge < -0.3 is 29.4 Å². The van der Waals surface area contributed by atoms with Crippen molar-refractivity contribution in [1.29, 1.82) is 0 Å². The molecule has 3 aromatic rings. The Kier molecular flexibility index (Phi) is 6.94. The summed E-state index contributed by atoms with van der Waals surface area (Å²) >= 11 is 0. The first-order valence-corrected chi connectivity index (χ1v) is 17.3. The monoisotopic (exact) mass is 573 g/mol. The lowest BCUT2D eigenvalue weighted by Crippen LogP contribution is -2.45. The number of nitrogens with one attached hydrogen (secondary N) is 2. The van der Waals surface area contributed by atoms with Crippen LogP contribution in [0.5, 0.6) is 11.6 Å². The zero-order valence-electron chi connectivity index (χ0n) is 24.7. The average molecular weight is 574 g/mol. The van der Waals surface area contributed by atoms with Crippen LogP contribution in [0.15, 0.2) is 42.7 Å². The third-order valence-electron chi connectivity index (χ3n) is 8.67.